The summed E-state index contributed by atoms with van der Waals surface area (Å²) in [5.74, 6) is 0.282. The molecule has 3 N–H and O–H groups in total. The van der Waals surface area contributed by atoms with E-state index < -0.39 is 4.92 Å². The molecule has 0 radical (unpaired) electrons. The van der Waals surface area contributed by atoms with Gasteiger partial charge in [0.05, 0.1) is 4.92 Å². The van der Waals surface area contributed by atoms with Gasteiger partial charge in [0.15, 0.2) is 0 Å². The number of nitrogen functional groups attached to an aromatic ring is 1. The molecule has 0 aromatic carbocycles. The predicted molar refractivity (Wildman–Crippen MR) is 69.8 cm³/mol. The number of hydrogen-bond donors (Lipinski definition) is 2. The molecule has 0 bridgehead atoms. The molecule has 1 aliphatic carbocycles. The maximum absolute atomic E-state index is 11.0. The first-order chi connectivity index (χ1) is 9.13. The molecular weight excluding hydrogens is 250 g/mol. The minimum absolute atomic E-state index is 0.0221. The topological polar surface area (TPSA) is 118 Å². The van der Waals surface area contributed by atoms with Crippen LogP contribution in [0.15, 0.2) is 6.20 Å². The molecule has 1 aromatic heterocycles. The summed E-state index contributed by atoms with van der Waals surface area (Å²) >= 11 is 0. The van der Waals surface area contributed by atoms with Crippen molar-refractivity contribution in [2.75, 3.05) is 23.8 Å². The van der Waals surface area contributed by atoms with Crippen LogP contribution in [0.25, 0.3) is 0 Å². The van der Waals surface area contributed by atoms with Crippen molar-refractivity contribution in [3.63, 3.8) is 0 Å². The molecule has 1 fully saturated rings. The summed E-state index contributed by atoms with van der Waals surface area (Å²) in [5, 5.41) is 20.0. The summed E-state index contributed by atoms with van der Waals surface area (Å²) < 4.78 is 0. The maximum Gasteiger partial charge on any atom is 0.329 e. The summed E-state index contributed by atoms with van der Waals surface area (Å²) in [5.41, 5.74) is 5.39. The Labute approximate surface area is 110 Å². The smallest absolute Gasteiger partial charge is 0.329 e. The van der Waals surface area contributed by atoms with Crippen molar-refractivity contribution < 1.29 is 10.0 Å². The van der Waals surface area contributed by atoms with Crippen molar-refractivity contribution in [2.45, 2.75) is 31.7 Å². The van der Waals surface area contributed by atoms with E-state index in [4.69, 9.17) is 10.8 Å². The van der Waals surface area contributed by atoms with Crippen LogP contribution >= 0.6 is 0 Å². The first-order valence-electron chi connectivity index (χ1n) is 6.28. The third kappa shape index (κ3) is 2.90. The van der Waals surface area contributed by atoms with Gasteiger partial charge < -0.3 is 15.7 Å². The average Bonchev–Trinajstić information content (AvgIpc) is 2.31. The quantitative estimate of drug-likeness (QED) is 0.575. The lowest BCUT2D eigenvalue weighted by atomic mass is 9.91. The summed E-state index contributed by atoms with van der Waals surface area (Å²) in [6, 6.07) is 0.236. The summed E-state index contributed by atoms with van der Waals surface area (Å²) in [6.07, 6.45) is 4.74. The molecule has 0 unspecified atom stereocenters. The van der Waals surface area contributed by atoms with Gasteiger partial charge in [0.25, 0.3) is 0 Å². The molecule has 8 heteroatoms. The van der Waals surface area contributed by atoms with Gasteiger partial charge in [0.1, 0.15) is 6.20 Å². The SMILES string of the molecule is Nc1ncc([N+](=O)[O-])c(N(CCCO)C2CCC2)n1. The van der Waals surface area contributed by atoms with Gasteiger partial charge in [-0.05, 0) is 25.7 Å². The number of nitrogens with two attached hydrogens (primary N) is 1. The summed E-state index contributed by atoms with van der Waals surface area (Å²) in [4.78, 5) is 20.1. The number of nitrogens with zero attached hydrogens (tertiary/aromatic N) is 4. The van der Waals surface area contributed by atoms with E-state index in [9.17, 15) is 10.1 Å². The van der Waals surface area contributed by atoms with Gasteiger partial charge in [0.2, 0.25) is 11.8 Å². The van der Waals surface area contributed by atoms with Crippen LogP contribution in [0.1, 0.15) is 25.7 Å². The Morgan fingerprint density at radius 1 is 1.58 bits per heavy atom. The fraction of sp³-hybridized carbons (Fsp3) is 0.636. The number of aliphatic hydroxyl groups excluding tert-OH is 1. The highest BCUT2D eigenvalue weighted by Gasteiger charge is 2.31. The van der Waals surface area contributed by atoms with E-state index >= 15 is 0 Å². The number of hydrogen-bond acceptors (Lipinski definition) is 7. The lowest BCUT2D eigenvalue weighted by molar-refractivity contribution is -0.384. The van der Waals surface area contributed by atoms with Crippen LogP contribution in [-0.2, 0) is 0 Å². The predicted octanol–water partition coefficient (Wildman–Crippen LogP) is 0.708. The normalized spacial score (nSPS) is 15.0. The average molecular weight is 267 g/mol. The standard InChI is InChI=1S/C11H17N5O3/c12-11-13-7-9(16(18)19)10(14-11)15(5-2-6-17)8-3-1-4-8/h7-8,17H,1-6H2,(H2,12,13,14). The zero-order valence-electron chi connectivity index (χ0n) is 10.5. The Hall–Kier alpha value is -1.96. The van der Waals surface area contributed by atoms with E-state index in [2.05, 4.69) is 9.97 Å². The van der Waals surface area contributed by atoms with Crippen molar-refractivity contribution in [3.05, 3.63) is 16.3 Å². The van der Waals surface area contributed by atoms with Crippen LogP contribution < -0.4 is 10.6 Å². The lowest BCUT2D eigenvalue weighted by Crippen LogP contribution is -2.42. The second-order valence-electron chi connectivity index (χ2n) is 4.55. The molecule has 1 saturated carbocycles. The molecule has 19 heavy (non-hydrogen) atoms. The lowest BCUT2D eigenvalue weighted by Gasteiger charge is -2.38. The largest absolute Gasteiger partial charge is 0.396 e. The van der Waals surface area contributed by atoms with Crippen molar-refractivity contribution in [2.24, 2.45) is 0 Å². The van der Waals surface area contributed by atoms with Gasteiger partial charge in [-0.1, -0.05) is 0 Å². The maximum atomic E-state index is 11.0. The minimum atomic E-state index is -0.501. The van der Waals surface area contributed by atoms with Crippen LogP contribution in [0.2, 0.25) is 0 Å². The highest BCUT2D eigenvalue weighted by molar-refractivity contribution is 5.59. The molecule has 0 saturated heterocycles. The van der Waals surface area contributed by atoms with E-state index in [1.54, 1.807) is 0 Å². The molecule has 0 atom stereocenters. The van der Waals surface area contributed by atoms with Crippen LogP contribution in [0.5, 0.6) is 0 Å². The van der Waals surface area contributed by atoms with E-state index in [0.717, 1.165) is 25.5 Å². The van der Waals surface area contributed by atoms with Crippen LogP contribution in [0.3, 0.4) is 0 Å². The Balaban J connectivity index is 2.33. The number of nitro groups is 1. The Morgan fingerprint density at radius 3 is 2.84 bits per heavy atom. The summed E-state index contributed by atoms with van der Waals surface area (Å²) in [6.45, 7) is 0.566. The first kappa shape index (κ1) is 13.5. The fourth-order valence-electron chi connectivity index (χ4n) is 2.12. The highest BCUT2D eigenvalue weighted by atomic mass is 16.6. The zero-order chi connectivity index (χ0) is 13.8. The Morgan fingerprint density at radius 2 is 2.32 bits per heavy atom. The molecular formula is C11H17N5O3. The molecule has 0 spiro atoms. The van der Waals surface area contributed by atoms with Gasteiger partial charge in [-0.25, -0.2) is 4.98 Å². The number of aromatic nitrogens is 2. The number of rotatable bonds is 6. The molecule has 104 valence electrons. The second kappa shape index (κ2) is 5.79. The van der Waals surface area contributed by atoms with Gasteiger partial charge in [-0.2, -0.15) is 4.98 Å². The monoisotopic (exact) mass is 267 g/mol. The summed E-state index contributed by atoms with van der Waals surface area (Å²) in [7, 11) is 0. The van der Waals surface area contributed by atoms with Crippen molar-refractivity contribution in [3.8, 4) is 0 Å². The van der Waals surface area contributed by atoms with E-state index in [1.807, 2.05) is 4.90 Å². The fourth-order valence-corrected chi connectivity index (χ4v) is 2.12. The Bertz CT molecular complexity index is 464. The molecule has 0 amide bonds. The third-order valence-electron chi connectivity index (χ3n) is 3.31. The first-order valence-corrected chi connectivity index (χ1v) is 6.28. The van der Waals surface area contributed by atoms with Crippen molar-refractivity contribution >= 4 is 17.5 Å². The third-order valence-corrected chi connectivity index (χ3v) is 3.31. The van der Waals surface area contributed by atoms with Crippen LogP contribution in [0, 0.1) is 10.1 Å². The van der Waals surface area contributed by atoms with Crippen LogP contribution in [0.4, 0.5) is 17.5 Å². The molecule has 1 heterocycles. The Kier molecular flexibility index (Phi) is 4.10. The van der Waals surface area contributed by atoms with Crippen molar-refractivity contribution in [1.82, 2.24) is 9.97 Å². The minimum Gasteiger partial charge on any atom is -0.396 e. The molecule has 1 aliphatic rings. The van der Waals surface area contributed by atoms with Crippen molar-refractivity contribution in [1.29, 1.82) is 0 Å². The van der Waals surface area contributed by atoms with Gasteiger partial charge >= 0.3 is 5.69 Å². The van der Waals surface area contributed by atoms with Gasteiger partial charge in [-0.15, -0.1) is 0 Å². The molecule has 2 rings (SSSR count). The highest BCUT2D eigenvalue weighted by Crippen LogP contribution is 2.33. The van der Waals surface area contributed by atoms with Gasteiger partial charge in [-0.3, -0.25) is 10.1 Å². The van der Waals surface area contributed by atoms with E-state index in [-0.39, 0.29) is 30.1 Å². The zero-order valence-corrected chi connectivity index (χ0v) is 10.5. The second-order valence-corrected chi connectivity index (χ2v) is 4.55. The molecule has 1 aromatic rings. The number of aliphatic hydroxyl groups is 1. The molecule has 8 nitrogen and oxygen atoms in total. The van der Waals surface area contributed by atoms with Gasteiger partial charge in [0, 0.05) is 19.2 Å². The van der Waals surface area contributed by atoms with Crippen LogP contribution in [-0.4, -0.2) is 39.2 Å². The molecule has 0 aliphatic heterocycles. The van der Waals surface area contributed by atoms with E-state index in [1.165, 1.54) is 0 Å². The number of anilines is 2. The van der Waals surface area contributed by atoms with E-state index in [0.29, 0.717) is 13.0 Å².